The second-order valence-corrected chi connectivity index (χ2v) is 3.85. The van der Waals surface area contributed by atoms with Crippen LogP contribution in [0.4, 0.5) is 11.4 Å². The zero-order chi connectivity index (χ0) is 13.5. The van der Waals surface area contributed by atoms with Crippen molar-refractivity contribution in [3.05, 3.63) is 23.8 Å². The predicted molar refractivity (Wildman–Crippen MR) is 70.9 cm³/mol. The molecule has 0 saturated carbocycles. The maximum absolute atomic E-state index is 11.7. The summed E-state index contributed by atoms with van der Waals surface area (Å²) in [6.07, 6.45) is 0.247. The van der Waals surface area contributed by atoms with E-state index in [0.29, 0.717) is 23.5 Å². The van der Waals surface area contributed by atoms with E-state index in [1.807, 2.05) is 6.92 Å². The second kappa shape index (κ2) is 6.48. The normalized spacial score (nSPS) is 9.83. The van der Waals surface area contributed by atoms with Crippen LogP contribution in [0.3, 0.4) is 0 Å². The number of hydrogen-bond acceptors (Lipinski definition) is 4. The molecule has 0 radical (unpaired) electrons. The van der Waals surface area contributed by atoms with Crippen molar-refractivity contribution in [1.82, 2.24) is 10.6 Å². The largest absolute Gasteiger partial charge is 0.399 e. The number of amides is 2. The van der Waals surface area contributed by atoms with Crippen molar-refractivity contribution >= 4 is 23.2 Å². The van der Waals surface area contributed by atoms with E-state index in [-0.39, 0.29) is 24.8 Å². The smallest absolute Gasteiger partial charge is 0.251 e. The van der Waals surface area contributed by atoms with Crippen LogP contribution in [0.5, 0.6) is 0 Å². The molecule has 1 aromatic carbocycles. The van der Waals surface area contributed by atoms with Crippen LogP contribution in [0.15, 0.2) is 18.2 Å². The Hall–Kier alpha value is -2.24. The van der Waals surface area contributed by atoms with E-state index >= 15 is 0 Å². The van der Waals surface area contributed by atoms with Crippen molar-refractivity contribution in [2.45, 2.75) is 13.3 Å². The van der Waals surface area contributed by atoms with Crippen LogP contribution < -0.4 is 22.1 Å². The Balaban J connectivity index is 2.48. The lowest BCUT2D eigenvalue weighted by Crippen LogP contribution is -2.30. The zero-order valence-corrected chi connectivity index (χ0v) is 10.3. The molecule has 6 N–H and O–H groups in total. The number of benzene rings is 1. The SMILES string of the molecule is CCNC(=O)CCNC(=O)c1cc(N)cc(N)c1. The summed E-state index contributed by atoms with van der Waals surface area (Å²) < 4.78 is 0. The number of anilines is 2. The van der Waals surface area contributed by atoms with E-state index in [4.69, 9.17) is 11.5 Å². The van der Waals surface area contributed by atoms with Gasteiger partial charge in [0.15, 0.2) is 0 Å². The monoisotopic (exact) mass is 250 g/mol. The van der Waals surface area contributed by atoms with Crippen molar-refractivity contribution < 1.29 is 9.59 Å². The van der Waals surface area contributed by atoms with Gasteiger partial charge in [0.2, 0.25) is 5.91 Å². The first-order chi connectivity index (χ1) is 8.52. The third-order valence-corrected chi connectivity index (χ3v) is 2.25. The maximum atomic E-state index is 11.7. The molecule has 6 nitrogen and oxygen atoms in total. The number of hydrogen-bond donors (Lipinski definition) is 4. The van der Waals surface area contributed by atoms with Gasteiger partial charge in [-0.15, -0.1) is 0 Å². The molecule has 18 heavy (non-hydrogen) atoms. The fraction of sp³-hybridized carbons (Fsp3) is 0.333. The lowest BCUT2D eigenvalue weighted by Gasteiger charge is -2.07. The van der Waals surface area contributed by atoms with Gasteiger partial charge >= 0.3 is 0 Å². The van der Waals surface area contributed by atoms with E-state index in [1.54, 1.807) is 6.07 Å². The highest BCUT2D eigenvalue weighted by atomic mass is 16.2. The molecule has 6 heteroatoms. The lowest BCUT2D eigenvalue weighted by atomic mass is 10.1. The summed E-state index contributed by atoms with van der Waals surface area (Å²) in [5, 5.41) is 5.28. The summed E-state index contributed by atoms with van der Waals surface area (Å²) in [7, 11) is 0. The van der Waals surface area contributed by atoms with Gasteiger partial charge in [0.1, 0.15) is 0 Å². The minimum absolute atomic E-state index is 0.0927. The average Bonchev–Trinajstić information content (AvgIpc) is 2.27. The van der Waals surface area contributed by atoms with Gasteiger partial charge in [-0.2, -0.15) is 0 Å². The molecule has 0 atom stereocenters. The van der Waals surface area contributed by atoms with E-state index in [1.165, 1.54) is 12.1 Å². The Bertz CT molecular complexity index is 425. The molecule has 0 heterocycles. The van der Waals surface area contributed by atoms with Crippen molar-refractivity contribution in [3.8, 4) is 0 Å². The Morgan fingerprint density at radius 1 is 1.11 bits per heavy atom. The van der Waals surface area contributed by atoms with Gasteiger partial charge in [-0.05, 0) is 25.1 Å². The summed E-state index contributed by atoms with van der Waals surface area (Å²) in [6, 6.07) is 4.65. The Morgan fingerprint density at radius 2 is 1.72 bits per heavy atom. The zero-order valence-electron chi connectivity index (χ0n) is 10.3. The molecule has 0 aliphatic carbocycles. The maximum Gasteiger partial charge on any atom is 0.251 e. The number of nitrogens with one attached hydrogen (secondary N) is 2. The molecular formula is C12H18N4O2. The third kappa shape index (κ3) is 4.32. The topological polar surface area (TPSA) is 110 Å². The van der Waals surface area contributed by atoms with E-state index in [9.17, 15) is 9.59 Å². The second-order valence-electron chi connectivity index (χ2n) is 3.85. The molecule has 0 saturated heterocycles. The van der Waals surface area contributed by atoms with Gasteiger partial charge in [0.25, 0.3) is 5.91 Å². The van der Waals surface area contributed by atoms with Crippen molar-refractivity contribution in [1.29, 1.82) is 0 Å². The Labute approximate surface area is 106 Å². The van der Waals surface area contributed by atoms with Gasteiger partial charge < -0.3 is 22.1 Å². The van der Waals surface area contributed by atoms with E-state index in [2.05, 4.69) is 10.6 Å². The third-order valence-electron chi connectivity index (χ3n) is 2.25. The van der Waals surface area contributed by atoms with Gasteiger partial charge in [0.05, 0.1) is 0 Å². The van der Waals surface area contributed by atoms with Gasteiger partial charge in [0, 0.05) is 36.4 Å². The lowest BCUT2D eigenvalue weighted by molar-refractivity contribution is -0.120. The van der Waals surface area contributed by atoms with Crippen LogP contribution in [0.2, 0.25) is 0 Å². The van der Waals surface area contributed by atoms with E-state index < -0.39 is 0 Å². The first-order valence-electron chi connectivity index (χ1n) is 5.74. The minimum Gasteiger partial charge on any atom is -0.399 e. The first kappa shape index (κ1) is 13.8. The molecule has 1 aromatic rings. The fourth-order valence-electron chi connectivity index (χ4n) is 1.48. The van der Waals surface area contributed by atoms with Crippen LogP contribution in [-0.2, 0) is 4.79 Å². The highest BCUT2D eigenvalue weighted by Crippen LogP contribution is 2.13. The number of rotatable bonds is 5. The molecule has 0 bridgehead atoms. The fourth-order valence-corrected chi connectivity index (χ4v) is 1.48. The predicted octanol–water partition coefficient (Wildman–Crippen LogP) is 0.107. The summed E-state index contributed by atoms with van der Waals surface area (Å²) in [4.78, 5) is 22.9. The molecule has 0 spiro atoms. The standard InChI is InChI=1S/C12H18N4O2/c1-2-15-11(17)3-4-16-12(18)8-5-9(13)7-10(14)6-8/h5-7H,2-4,13-14H2,1H3,(H,15,17)(H,16,18). The molecule has 98 valence electrons. The van der Waals surface area contributed by atoms with Gasteiger partial charge in [-0.1, -0.05) is 0 Å². The summed E-state index contributed by atoms with van der Waals surface area (Å²) in [5.74, 6) is -0.386. The number of nitrogen functional groups attached to an aromatic ring is 2. The average molecular weight is 250 g/mol. The molecule has 0 aromatic heterocycles. The summed E-state index contributed by atoms with van der Waals surface area (Å²) in [6.45, 7) is 2.70. The van der Waals surface area contributed by atoms with Crippen molar-refractivity contribution in [2.24, 2.45) is 0 Å². The number of carbonyl (C=O) groups excluding carboxylic acids is 2. The van der Waals surface area contributed by atoms with Crippen LogP contribution in [0.25, 0.3) is 0 Å². The first-order valence-corrected chi connectivity index (χ1v) is 5.74. The van der Waals surface area contributed by atoms with Crippen LogP contribution in [0.1, 0.15) is 23.7 Å². The highest BCUT2D eigenvalue weighted by molar-refractivity contribution is 5.96. The summed E-state index contributed by atoms with van der Waals surface area (Å²) in [5.41, 5.74) is 12.4. The summed E-state index contributed by atoms with van der Waals surface area (Å²) >= 11 is 0. The quantitative estimate of drug-likeness (QED) is 0.556. The molecule has 0 fully saturated rings. The minimum atomic E-state index is -0.293. The van der Waals surface area contributed by atoms with Crippen molar-refractivity contribution in [2.75, 3.05) is 24.6 Å². The molecule has 0 aliphatic rings. The van der Waals surface area contributed by atoms with Gasteiger partial charge in [-0.25, -0.2) is 0 Å². The van der Waals surface area contributed by atoms with Gasteiger partial charge in [-0.3, -0.25) is 9.59 Å². The Morgan fingerprint density at radius 3 is 2.28 bits per heavy atom. The molecule has 0 unspecified atom stereocenters. The highest BCUT2D eigenvalue weighted by Gasteiger charge is 2.07. The molecule has 0 aliphatic heterocycles. The molecule has 2 amide bonds. The van der Waals surface area contributed by atoms with Crippen molar-refractivity contribution in [3.63, 3.8) is 0 Å². The van der Waals surface area contributed by atoms with Crippen LogP contribution in [0, 0.1) is 0 Å². The number of carbonyl (C=O) groups is 2. The van der Waals surface area contributed by atoms with E-state index in [0.717, 1.165) is 0 Å². The number of nitrogens with two attached hydrogens (primary N) is 2. The van der Waals surface area contributed by atoms with Crippen LogP contribution in [-0.4, -0.2) is 24.9 Å². The molecule has 1 rings (SSSR count). The van der Waals surface area contributed by atoms with Crippen LogP contribution >= 0.6 is 0 Å². The Kier molecular flexibility index (Phi) is 4.98. The molecular weight excluding hydrogens is 232 g/mol.